The molecule has 2 fully saturated rings. The molecule has 3 rings (SSSR count). The third kappa shape index (κ3) is 5.00. The average molecular weight is 379 g/mol. The molecule has 6 heteroatoms. The zero-order valence-electron chi connectivity index (χ0n) is 15.2. The third-order valence-corrected chi connectivity index (χ3v) is 7.05. The van der Waals surface area contributed by atoms with Crippen LogP contribution in [0.15, 0.2) is 35.2 Å². The molecule has 1 aromatic carbocycles. The van der Waals surface area contributed by atoms with Crippen LogP contribution in [-0.4, -0.2) is 58.1 Å². The van der Waals surface area contributed by atoms with Crippen molar-refractivity contribution in [1.82, 2.24) is 4.90 Å². The number of aliphatic hydroxyl groups is 1. The summed E-state index contributed by atoms with van der Waals surface area (Å²) in [7, 11) is 0. The molecule has 1 saturated heterocycles. The molecular weight excluding hydrogens is 348 g/mol. The summed E-state index contributed by atoms with van der Waals surface area (Å²) in [5, 5.41) is 20.2. The Hall–Kier alpha value is -1.08. The molecular formula is C20H30N2O3S. The third-order valence-electron chi connectivity index (χ3n) is 5.89. The van der Waals surface area contributed by atoms with E-state index in [4.69, 9.17) is 5.73 Å². The fraction of sp³-hybridized carbons (Fsp3) is 0.650. The van der Waals surface area contributed by atoms with Crippen LogP contribution in [0.3, 0.4) is 0 Å². The second-order valence-corrected chi connectivity index (χ2v) is 8.80. The molecule has 5 atom stereocenters. The van der Waals surface area contributed by atoms with Gasteiger partial charge in [0.15, 0.2) is 0 Å². The van der Waals surface area contributed by atoms with Crippen molar-refractivity contribution in [3.8, 4) is 0 Å². The van der Waals surface area contributed by atoms with Crippen molar-refractivity contribution >= 4 is 17.7 Å². The van der Waals surface area contributed by atoms with Gasteiger partial charge in [0.05, 0.1) is 6.10 Å². The van der Waals surface area contributed by atoms with Crippen molar-refractivity contribution in [2.24, 2.45) is 17.6 Å². The monoisotopic (exact) mass is 378 g/mol. The number of thioether (sulfide) groups is 1. The van der Waals surface area contributed by atoms with Crippen LogP contribution in [0.25, 0.3) is 0 Å². The number of aliphatic carboxylic acids is 1. The van der Waals surface area contributed by atoms with Gasteiger partial charge in [-0.25, -0.2) is 0 Å². The number of aliphatic hydroxyl groups excluding tert-OH is 1. The molecule has 1 saturated carbocycles. The maximum Gasteiger partial charge on any atom is 0.320 e. The quantitative estimate of drug-likeness (QED) is 0.632. The van der Waals surface area contributed by atoms with Crippen LogP contribution < -0.4 is 5.73 Å². The fourth-order valence-electron chi connectivity index (χ4n) is 4.35. The first-order valence-electron chi connectivity index (χ1n) is 9.63. The first kappa shape index (κ1) is 19.7. The van der Waals surface area contributed by atoms with E-state index in [9.17, 15) is 15.0 Å². The van der Waals surface area contributed by atoms with Crippen LogP contribution >= 0.6 is 11.8 Å². The number of nitrogens with zero attached hydrogens (tertiary/aromatic N) is 1. The minimum Gasteiger partial charge on any atom is -0.480 e. The minimum atomic E-state index is -0.770. The van der Waals surface area contributed by atoms with Crippen molar-refractivity contribution in [1.29, 1.82) is 0 Å². The van der Waals surface area contributed by atoms with Crippen molar-refractivity contribution in [2.45, 2.75) is 55.2 Å². The topological polar surface area (TPSA) is 86.8 Å². The predicted octanol–water partition coefficient (Wildman–Crippen LogP) is 2.43. The smallest absolute Gasteiger partial charge is 0.320 e. The lowest BCUT2D eigenvalue weighted by Gasteiger charge is -2.45. The molecule has 0 aromatic heterocycles. The molecule has 1 heterocycles. The summed E-state index contributed by atoms with van der Waals surface area (Å²) in [6.07, 6.45) is 4.78. The van der Waals surface area contributed by atoms with Crippen LogP contribution in [0.2, 0.25) is 0 Å². The standard InChI is InChI=1S/C20H30N2O3S/c21-17(13-26-16-8-2-1-3-9-16)19(23)12-22-11-15-7-5-4-6-14(15)10-18(22)20(24)25/h1-3,8-9,14-15,17-19,23H,4-7,10-13,21H2,(H,24,25). The van der Waals surface area contributed by atoms with E-state index in [1.165, 1.54) is 19.3 Å². The molecule has 0 radical (unpaired) electrons. The Kier molecular flexibility index (Phi) is 6.98. The Balaban J connectivity index is 1.55. The lowest BCUT2D eigenvalue weighted by Crippen LogP contribution is -2.56. The summed E-state index contributed by atoms with van der Waals surface area (Å²) in [6.45, 7) is 1.12. The Morgan fingerprint density at radius 1 is 1.23 bits per heavy atom. The first-order valence-corrected chi connectivity index (χ1v) is 10.6. The molecule has 0 spiro atoms. The van der Waals surface area contributed by atoms with E-state index in [2.05, 4.69) is 0 Å². The molecule has 1 aliphatic carbocycles. The Labute approximate surface area is 160 Å². The molecule has 1 aromatic rings. The van der Waals surface area contributed by atoms with Crippen LogP contribution in [0.4, 0.5) is 0 Å². The predicted molar refractivity (Wildman–Crippen MR) is 104 cm³/mol. The molecule has 5 nitrogen and oxygen atoms in total. The van der Waals surface area contributed by atoms with Crippen LogP contribution in [0.1, 0.15) is 32.1 Å². The van der Waals surface area contributed by atoms with Gasteiger partial charge in [-0.15, -0.1) is 11.8 Å². The molecule has 1 aliphatic heterocycles. The lowest BCUT2D eigenvalue weighted by atomic mass is 9.73. The first-order chi connectivity index (χ1) is 12.5. The SMILES string of the molecule is NC(CSc1ccccc1)C(O)CN1CC2CCCCC2CC1C(=O)O. The van der Waals surface area contributed by atoms with E-state index in [0.29, 0.717) is 30.6 Å². The molecule has 5 unspecified atom stereocenters. The molecule has 4 N–H and O–H groups in total. The van der Waals surface area contributed by atoms with Gasteiger partial charge in [0.2, 0.25) is 0 Å². The van der Waals surface area contributed by atoms with Gasteiger partial charge in [0.25, 0.3) is 0 Å². The highest BCUT2D eigenvalue weighted by Crippen LogP contribution is 2.38. The zero-order chi connectivity index (χ0) is 18.5. The van der Waals surface area contributed by atoms with E-state index in [0.717, 1.165) is 17.9 Å². The maximum atomic E-state index is 11.7. The number of likely N-dealkylation sites (tertiary alicyclic amines) is 1. The van der Waals surface area contributed by atoms with Gasteiger partial charge in [-0.05, 0) is 36.8 Å². The highest BCUT2D eigenvalue weighted by atomic mass is 32.2. The second kappa shape index (κ2) is 9.22. The average Bonchev–Trinajstić information content (AvgIpc) is 2.66. The lowest BCUT2D eigenvalue weighted by molar-refractivity contribution is -0.148. The van der Waals surface area contributed by atoms with Gasteiger partial charge in [-0.2, -0.15) is 0 Å². The number of hydrogen-bond acceptors (Lipinski definition) is 5. The van der Waals surface area contributed by atoms with Gasteiger partial charge in [-0.1, -0.05) is 37.5 Å². The second-order valence-electron chi connectivity index (χ2n) is 7.70. The van der Waals surface area contributed by atoms with Crippen molar-refractivity contribution in [2.75, 3.05) is 18.8 Å². The summed E-state index contributed by atoms with van der Waals surface area (Å²) < 4.78 is 0. The number of hydrogen-bond donors (Lipinski definition) is 3. The summed E-state index contributed by atoms with van der Waals surface area (Å²) in [5.41, 5.74) is 6.19. The number of carbonyl (C=O) groups is 1. The van der Waals surface area contributed by atoms with Crippen molar-refractivity contribution < 1.29 is 15.0 Å². The minimum absolute atomic E-state index is 0.344. The van der Waals surface area contributed by atoms with Crippen LogP contribution in [-0.2, 0) is 4.79 Å². The number of benzene rings is 1. The number of piperidine rings is 1. The highest BCUT2D eigenvalue weighted by Gasteiger charge is 2.40. The van der Waals surface area contributed by atoms with E-state index in [-0.39, 0.29) is 6.04 Å². The fourth-order valence-corrected chi connectivity index (χ4v) is 5.31. The summed E-state index contributed by atoms with van der Waals surface area (Å²) in [4.78, 5) is 14.8. The molecule has 144 valence electrons. The van der Waals surface area contributed by atoms with E-state index in [1.807, 2.05) is 35.2 Å². The van der Waals surface area contributed by atoms with Gasteiger partial charge < -0.3 is 15.9 Å². The Bertz CT molecular complexity index is 586. The van der Waals surface area contributed by atoms with Gasteiger partial charge in [0, 0.05) is 29.8 Å². The molecule has 0 amide bonds. The number of rotatable bonds is 7. The molecule has 26 heavy (non-hydrogen) atoms. The largest absolute Gasteiger partial charge is 0.480 e. The zero-order valence-corrected chi connectivity index (χ0v) is 16.0. The van der Waals surface area contributed by atoms with Gasteiger partial charge in [0.1, 0.15) is 6.04 Å². The Morgan fingerprint density at radius 2 is 1.92 bits per heavy atom. The number of carboxylic acids is 1. The highest BCUT2D eigenvalue weighted by molar-refractivity contribution is 7.99. The Morgan fingerprint density at radius 3 is 2.62 bits per heavy atom. The number of carboxylic acid groups (broad SMARTS) is 1. The number of fused-ring (bicyclic) bond motifs is 1. The van der Waals surface area contributed by atoms with Crippen LogP contribution in [0, 0.1) is 11.8 Å². The van der Waals surface area contributed by atoms with Crippen molar-refractivity contribution in [3.63, 3.8) is 0 Å². The molecule has 2 aliphatic rings. The summed E-state index contributed by atoms with van der Waals surface area (Å²) >= 11 is 1.62. The summed E-state index contributed by atoms with van der Waals surface area (Å²) in [5.74, 6) is 0.943. The number of nitrogens with two attached hydrogens (primary N) is 1. The van der Waals surface area contributed by atoms with Gasteiger partial charge >= 0.3 is 5.97 Å². The van der Waals surface area contributed by atoms with E-state index in [1.54, 1.807) is 11.8 Å². The van der Waals surface area contributed by atoms with E-state index < -0.39 is 18.1 Å². The molecule has 0 bridgehead atoms. The normalized spacial score (nSPS) is 28.9. The summed E-state index contributed by atoms with van der Waals surface area (Å²) in [6, 6.07) is 9.12. The number of β-amino-alcohol motifs (C(OH)–C–C–N with tert-alkyl or cyclic N) is 1. The van der Waals surface area contributed by atoms with E-state index >= 15 is 0 Å². The van der Waals surface area contributed by atoms with Crippen LogP contribution in [0.5, 0.6) is 0 Å². The van der Waals surface area contributed by atoms with Gasteiger partial charge in [-0.3, -0.25) is 9.69 Å². The maximum absolute atomic E-state index is 11.7. The van der Waals surface area contributed by atoms with Crippen molar-refractivity contribution in [3.05, 3.63) is 30.3 Å².